The molecule has 0 saturated heterocycles. The molecule has 0 bridgehead atoms. The fourth-order valence-electron chi connectivity index (χ4n) is 1.86. The molecule has 0 aromatic heterocycles. The Morgan fingerprint density at radius 3 is 2.20 bits per heavy atom. The van der Waals surface area contributed by atoms with E-state index in [2.05, 4.69) is 39.1 Å². The summed E-state index contributed by atoms with van der Waals surface area (Å²) < 4.78 is 0. The van der Waals surface area contributed by atoms with Crippen molar-refractivity contribution < 1.29 is 4.79 Å². The van der Waals surface area contributed by atoms with Crippen molar-refractivity contribution in [3.63, 3.8) is 0 Å². The Balaban J connectivity index is 2.92. The standard InChI is InChI=1S/C13H21NO/c1-8(2)12(15)14-13(6)7-9(3)10(4)11(13)5/h7-8H,1-6H3,(H,14,15). The number of carbonyl (C=O) groups excluding carboxylic acids is 1. The molecule has 0 aliphatic heterocycles. The summed E-state index contributed by atoms with van der Waals surface area (Å²) in [6, 6.07) is 0. The van der Waals surface area contributed by atoms with Gasteiger partial charge in [0.05, 0.1) is 5.54 Å². The van der Waals surface area contributed by atoms with Crippen molar-refractivity contribution in [2.24, 2.45) is 5.92 Å². The molecule has 2 nitrogen and oxygen atoms in total. The molecular formula is C13H21NO. The lowest BCUT2D eigenvalue weighted by molar-refractivity contribution is -0.124. The van der Waals surface area contributed by atoms with Gasteiger partial charge in [0.1, 0.15) is 0 Å². The lowest BCUT2D eigenvalue weighted by Crippen LogP contribution is -2.46. The van der Waals surface area contributed by atoms with Crippen molar-refractivity contribution in [1.29, 1.82) is 0 Å². The second kappa shape index (κ2) is 3.84. The molecular weight excluding hydrogens is 186 g/mol. The molecule has 84 valence electrons. The van der Waals surface area contributed by atoms with E-state index < -0.39 is 0 Å². The van der Waals surface area contributed by atoms with Crippen LogP contribution in [0.3, 0.4) is 0 Å². The average Bonchev–Trinajstić information content (AvgIpc) is 2.30. The molecule has 0 spiro atoms. The first-order chi connectivity index (χ1) is 6.78. The van der Waals surface area contributed by atoms with E-state index >= 15 is 0 Å². The number of nitrogens with one attached hydrogen (secondary N) is 1. The lowest BCUT2D eigenvalue weighted by Gasteiger charge is -2.27. The molecule has 1 amide bonds. The molecule has 0 fully saturated rings. The van der Waals surface area contributed by atoms with Crippen LogP contribution in [0.25, 0.3) is 0 Å². The summed E-state index contributed by atoms with van der Waals surface area (Å²) in [5.41, 5.74) is 3.52. The van der Waals surface area contributed by atoms with Crippen molar-refractivity contribution in [3.8, 4) is 0 Å². The van der Waals surface area contributed by atoms with E-state index in [0.29, 0.717) is 0 Å². The molecule has 15 heavy (non-hydrogen) atoms. The predicted molar refractivity (Wildman–Crippen MR) is 63.5 cm³/mol. The minimum Gasteiger partial charge on any atom is -0.343 e. The lowest BCUT2D eigenvalue weighted by atomic mass is 9.94. The van der Waals surface area contributed by atoms with E-state index in [-0.39, 0.29) is 17.4 Å². The molecule has 1 rings (SSSR count). The van der Waals surface area contributed by atoms with Gasteiger partial charge in [0.15, 0.2) is 0 Å². The van der Waals surface area contributed by atoms with Crippen LogP contribution in [0.4, 0.5) is 0 Å². The Bertz CT molecular complexity index is 350. The van der Waals surface area contributed by atoms with Gasteiger partial charge >= 0.3 is 0 Å². The Kier molecular flexibility index (Phi) is 3.08. The SMILES string of the molecule is CC1=CC(C)(NC(=O)C(C)C)C(C)=C1C. The normalized spacial score (nSPS) is 25.9. The molecule has 0 aromatic carbocycles. The van der Waals surface area contributed by atoms with Crippen LogP contribution in [0, 0.1) is 5.92 Å². The summed E-state index contributed by atoms with van der Waals surface area (Å²) in [6.07, 6.45) is 2.14. The monoisotopic (exact) mass is 207 g/mol. The third-order valence-corrected chi connectivity index (χ3v) is 3.35. The average molecular weight is 207 g/mol. The fourth-order valence-corrected chi connectivity index (χ4v) is 1.86. The summed E-state index contributed by atoms with van der Waals surface area (Å²) in [5.74, 6) is 0.139. The van der Waals surface area contributed by atoms with Crippen molar-refractivity contribution in [2.75, 3.05) is 0 Å². The first-order valence-corrected chi connectivity index (χ1v) is 5.47. The van der Waals surface area contributed by atoms with E-state index in [1.807, 2.05) is 13.8 Å². The Morgan fingerprint density at radius 2 is 1.87 bits per heavy atom. The number of hydrogen-bond donors (Lipinski definition) is 1. The van der Waals surface area contributed by atoms with E-state index in [4.69, 9.17) is 0 Å². The molecule has 1 unspecified atom stereocenters. The summed E-state index contributed by atoms with van der Waals surface area (Å²) >= 11 is 0. The molecule has 1 N–H and O–H groups in total. The zero-order chi connectivity index (χ0) is 11.8. The number of allylic oxidation sites excluding steroid dienone is 2. The number of amides is 1. The molecule has 0 heterocycles. The molecule has 0 saturated carbocycles. The van der Waals surface area contributed by atoms with Gasteiger partial charge < -0.3 is 5.32 Å². The van der Waals surface area contributed by atoms with Crippen LogP contribution >= 0.6 is 0 Å². The van der Waals surface area contributed by atoms with Gasteiger partial charge in [-0.25, -0.2) is 0 Å². The Labute approximate surface area is 92.4 Å². The molecule has 2 heteroatoms. The second-order valence-electron chi connectivity index (χ2n) is 4.92. The van der Waals surface area contributed by atoms with Gasteiger partial charge in [-0.1, -0.05) is 19.9 Å². The molecule has 1 aliphatic rings. The number of carbonyl (C=O) groups is 1. The highest BCUT2D eigenvalue weighted by Crippen LogP contribution is 2.33. The van der Waals surface area contributed by atoms with Crippen LogP contribution in [-0.2, 0) is 4.79 Å². The zero-order valence-corrected chi connectivity index (χ0v) is 10.6. The third-order valence-electron chi connectivity index (χ3n) is 3.35. The fraction of sp³-hybridized carbons (Fsp3) is 0.615. The van der Waals surface area contributed by atoms with E-state index in [0.717, 1.165) is 0 Å². The van der Waals surface area contributed by atoms with E-state index in [9.17, 15) is 4.79 Å². The van der Waals surface area contributed by atoms with Crippen molar-refractivity contribution in [1.82, 2.24) is 5.32 Å². The van der Waals surface area contributed by atoms with Crippen LogP contribution in [-0.4, -0.2) is 11.4 Å². The Morgan fingerprint density at radius 1 is 1.33 bits per heavy atom. The van der Waals surface area contributed by atoms with Crippen LogP contribution in [0.15, 0.2) is 22.8 Å². The summed E-state index contributed by atoms with van der Waals surface area (Å²) in [5, 5.41) is 3.09. The van der Waals surface area contributed by atoms with Crippen molar-refractivity contribution >= 4 is 5.91 Å². The molecule has 0 radical (unpaired) electrons. The summed E-state index contributed by atoms with van der Waals surface area (Å²) in [4.78, 5) is 11.7. The number of hydrogen-bond acceptors (Lipinski definition) is 1. The van der Waals surface area contributed by atoms with Gasteiger partial charge in [-0.3, -0.25) is 4.79 Å². The molecule has 0 aromatic rings. The van der Waals surface area contributed by atoms with E-state index in [1.165, 1.54) is 16.7 Å². The van der Waals surface area contributed by atoms with Crippen LogP contribution in [0.2, 0.25) is 0 Å². The van der Waals surface area contributed by atoms with Crippen LogP contribution in [0.5, 0.6) is 0 Å². The summed E-state index contributed by atoms with van der Waals surface area (Å²) in [7, 11) is 0. The molecule has 1 aliphatic carbocycles. The minimum atomic E-state index is -0.282. The van der Waals surface area contributed by atoms with Crippen LogP contribution in [0.1, 0.15) is 41.5 Å². The van der Waals surface area contributed by atoms with Gasteiger partial charge in [-0.15, -0.1) is 0 Å². The maximum absolute atomic E-state index is 11.7. The van der Waals surface area contributed by atoms with Crippen molar-refractivity contribution in [3.05, 3.63) is 22.8 Å². The largest absolute Gasteiger partial charge is 0.343 e. The highest BCUT2D eigenvalue weighted by molar-refractivity contribution is 5.80. The Hall–Kier alpha value is -1.05. The smallest absolute Gasteiger partial charge is 0.223 e. The zero-order valence-electron chi connectivity index (χ0n) is 10.6. The quantitative estimate of drug-likeness (QED) is 0.741. The van der Waals surface area contributed by atoms with E-state index in [1.54, 1.807) is 0 Å². The summed E-state index contributed by atoms with van der Waals surface area (Å²) in [6.45, 7) is 12.2. The van der Waals surface area contributed by atoms with Crippen molar-refractivity contribution in [2.45, 2.75) is 47.1 Å². The maximum Gasteiger partial charge on any atom is 0.223 e. The van der Waals surface area contributed by atoms with Gasteiger partial charge in [0.2, 0.25) is 5.91 Å². The maximum atomic E-state index is 11.7. The first-order valence-electron chi connectivity index (χ1n) is 5.47. The third kappa shape index (κ3) is 2.14. The van der Waals surface area contributed by atoms with Gasteiger partial charge in [0.25, 0.3) is 0 Å². The molecule has 1 atom stereocenters. The number of rotatable bonds is 2. The topological polar surface area (TPSA) is 29.1 Å². The van der Waals surface area contributed by atoms with Gasteiger partial charge in [-0.2, -0.15) is 0 Å². The van der Waals surface area contributed by atoms with Gasteiger partial charge in [-0.05, 0) is 44.4 Å². The first kappa shape index (κ1) is 12.0. The highest BCUT2D eigenvalue weighted by Gasteiger charge is 2.32. The second-order valence-corrected chi connectivity index (χ2v) is 4.92. The minimum absolute atomic E-state index is 0.0317. The van der Waals surface area contributed by atoms with Gasteiger partial charge in [0, 0.05) is 5.92 Å². The highest BCUT2D eigenvalue weighted by atomic mass is 16.2. The predicted octanol–water partition coefficient (Wildman–Crippen LogP) is 2.81. The van der Waals surface area contributed by atoms with Crippen LogP contribution < -0.4 is 5.32 Å².